The highest BCUT2D eigenvalue weighted by Gasteiger charge is 2.13. The van der Waals surface area contributed by atoms with Gasteiger partial charge in [0.25, 0.3) is 0 Å². The highest BCUT2D eigenvalue weighted by Crippen LogP contribution is 2.23. The summed E-state index contributed by atoms with van der Waals surface area (Å²) in [6.07, 6.45) is 3.60. The van der Waals surface area contributed by atoms with Crippen molar-refractivity contribution in [1.82, 2.24) is 5.32 Å². The predicted molar refractivity (Wildman–Crippen MR) is 77.6 cm³/mol. The molecule has 0 saturated carbocycles. The molecule has 1 atom stereocenters. The van der Waals surface area contributed by atoms with Gasteiger partial charge in [-0.15, -0.1) is 11.3 Å². The standard InChI is InChI=1S/C14H26N2S/c1-4-11(5-2)10-16-13(9-15)14-8-7-12(6-3)17-14/h7-8,11,13,16H,4-6,9-10,15H2,1-3H3. The minimum absolute atomic E-state index is 0.334. The Kier molecular flexibility index (Phi) is 6.78. The first-order valence-electron chi connectivity index (χ1n) is 6.77. The van der Waals surface area contributed by atoms with Crippen LogP contribution in [0.2, 0.25) is 0 Å². The second-order valence-electron chi connectivity index (χ2n) is 4.54. The summed E-state index contributed by atoms with van der Waals surface area (Å²) in [5, 5.41) is 3.61. The van der Waals surface area contributed by atoms with Crippen LogP contribution in [0.15, 0.2) is 12.1 Å². The van der Waals surface area contributed by atoms with Gasteiger partial charge in [-0.3, -0.25) is 0 Å². The Bertz CT molecular complexity index is 305. The van der Waals surface area contributed by atoms with Gasteiger partial charge in [-0.1, -0.05) is 33.6 Å². The zero-order valence-electron chi connectivity index (χ0n) is 11.3. The lowest BCUT2D eigenvalue weighted by Gasteiger charge is -2.19. The Hall–Kier alpha value is -0.380. The fourth-order valence-corrected chi connectivity index (χ4v) is 3.00. The lowest BCUT2D eigenvalue weighted by atomic mass is 10.0. The van der Waals surface area contributed by atoms with Gasteiger partial charge >= 0.3 is 0 Å². The summed E-state index contributed by atoms with van der Waals surface area (Å²) < 4.78 is 0. The zero-order chi connectivity index (χ0) is 12.7. The molecule has 0 spiro atoms. The Morgan fingerprint density at radius 1 is 1.24 bits per heavy atom. The van der Waals surface area contributed by atoms with Crippen LogP contribution < -0.4 is 11.1 Å². The number of nitrogens with one attached hydrogen (secondary N) is 1. The molecule has 3 N–H and O–H groups in total. The molecule has 0 saturated heterocycles. The van der Waals surface area contributed by atoms with Gasteiger partial charge in [0.1, 0.15) is 0 Å². The van der Waals surface area contributed by atoms with Crippen molar-refractivity contribution in [3.8, 4) is 0 Å². The SMILES string of the molecule is CCc1ccc(C(CN)NCC(CC)CC)s1. The maximum absolute atomic E-state index is 5.87. The average Bonchev–Trinajstić information content (AvgIpc) is 2.83. The van der Waals surface area contributed by atoms with E-state index in [1.807, 2.05) is 11.3 Å². The van der Waals surface area contributed by atoms with E-state index in [0.717, 1.165) is 18.9 Å². The van der Waals surface area contributed by atoms with Crippen LogP contribution in [0.1, 0.15) is 49.4 Å². The van der Waals surface area contributed by atoms with Gasteiger partial charge in [0.05, 0.1) is 6.04 Å². The summed E-state index contributed by atoms with van der Waals surface area (Å²) in [4.78, 5) is 2.83. The summed E-state index contributed by atoms with van der Waals surface area (Å²) in [5.74, 6) is 0.773. The van der Waals surface area contributed by atoms with Crippen molar-refractivity contribution in [2.45, 2.75) is 46.1 Å². The minimum Gasteiger partial charge on any atom is -0.329 e. The van der Waals surface area contributed by atoms with Crippen LogP contribution >= 0.6 is 11.3 Å². The fourth-order valence-electron chi connectivity index (χ4n) is 1.96. The van der Waals surface area contributed by atoms with Crippen molar-refractivity contribution in [2.75, 3.05) is 13.1 Å². The average molecular weight is 254 g/mol. The van der Waals surface area contributed by atoms with Crippen LogP contribution in [0.4, 0.5) is 0 Å². The summed E-state index contributed by atoms with van der Waals surface area (Å²) in [6, 6.07) is 4.78. The van der Waals surface area contributed by atoms with Crippen LogP contribution in [0, 0.1) is 5.92 Å². The monoisotopic (exact) mass is 254 g/mol. The van der Waals surface area contributed by atoms with E-state index in [-0.39, 0.29) is 0 Å². The molecule has 1 unspecified atom stereocenters. The van der Waals surface area contributed by atoms with E-state index in [1.54, 1.807) is 0 Å². The third-order valence-corrected chi connectivity index (χ3v) is 4.76. The fraction of sp³-hybridized carbons (Fsp3) is 0.714. The molecule has 0 fully saturated rings. The minimum atomic E-state index is 0.334. The predicted octanol–water partition coefficient (Wildman–Crippen LogP) is 3.34. The summed E-state index contributed by atoms with van der Waals surface area (Å²) in [7, 11) is 0. The van der Waals surface area contributed by atoms with Gasteiger partial charge < -0.3 is 11.1 Å². The van der Waals surface area contributed by atoms with Crippen LogP contribution in [0.5, 0.6) is 0 Å². The van der Waals surface area contributed by atoms with Gasteiger partial charge in [0.2, 0.25) is 0 Å². The van der Waals surface area contributed by atoms with Crippen LogP contribution in [-0.4, -0.2) is 13.1 Å². The van der Waals surface area contributed by atoms with Crippen molar-refractivity contribution in [1.29, 1.82) is 0 Å². The highest BCUT2D eigenvalue weighted by atomic mass is 32.1. The summed E-state index contributed by atoms with van der Waals surface area (Å²) >= 11 is 1.89. The lowest BCUT2D eigenvalue weighted by molar-refractivity contribution is 0.416. The smallest absolute Gasteiger partial charge is 0.0539 e. The molecular weight excluding hydrogens is 228 g/mol. The van der Waals surface area contributed by atoms with Crippen molar-refractivity contribution < 1.29 is 0 Å². The molecule has 1 aromatic heterocycles. The normalized spacial score (nSPS) is 13.2. The quantitative estimate of drug-likeness (QED) is 0.747. The van der Waals surface area contributed by atoms with E-state index in [9.17, 15) is 0 Å². The third kappa shape index (κ3) is 4.41. The molecule has 0 aliphatic rings. The Balaban J connectivity index is 2.53. The number of thiophene rings is 1. The van der Waals surface area contributed by atoms with Gasteiger partial charge in [0.15, 0.2) is 0 Å². The number of rotatable bonds is 8. The molecule has 98 valence electrons. The molecule has 0 bridgehead atoms. The Morgan fingerprint density at radius 3 is 2.41 bits per heavy atom. The number of aryl methyl sites for hydroxylation is 1. The third-order valence-electron chi connectivity index (χ3n) is 3.42. The zero-order valence-corrected chi connectivity index (χ0v) is 12.1. The van der Waals surface area contributed by atoms with Crippen molar-refractivity contribution in [2.24, 2.45) is 11.7 Å². The van der Waals surface area contributed by atoms with E-state index in [4.69, 9.17) is 5.73 Å². The first-order valence-corrected chi connectivity index (χ1v) is 7.58. The highest BCUT2D eigenvalue weighted by molar-refractivity contribution is 7.12. The van der Waals surface area contributed by atoms with Crippen LogP contribution in [-0.2, 0) is 6.42 Å². The summed E-state index contributed by atoms with van der Waals surface area (Å²) in [5.41, 5.74) is 5.87. The van der Waals surface area contributed by atoms with Gasteiger partial charge in [-0.2, -0.15) is 0 Å². The topological polar surface area (TPSA) is 38.0 Å². The van der Waals surface area contributed by atoms with Crippen molar-refractivity contribution >= 4 is 11.3 Å². The molecule has 17 heavy (non-hydrogen) atoms. The van der Waals surface area contributed by atoms with Crippen molar-refractivity contribution in [3.63, 3.8) is 0 Å². The molecular formula is C14H26N2S. The maximum atomic E-state index is 5.87. The maximum Gasteiger partial charge on any atom is 0.0539 e. The first-order chi connectivity index (χ1) is 8.24. The van der Waals surface area contributed by atoms with Gasteiger partial charge in [-0.25, -0.2) is 0 Å². The molecule has 0 aromatic carbocycles. The van der Waals surface area contributed by atoms with Crippen LogP contribution in [0.25, 0.3) is 0 Å². The molecule has 1 heterocycles. The first kappa shape index (κ1) is 14.7. The molecule has 0 aliphatic carbocycles. The molecule has 2 nitrogen and oxygen atoms in total. The molecule has 0 radical (unpaired) electrons. The van der Waals surface area contributed by atoms with E-state index in [1.165, 1.54) is 22.6 Å². The lowest BCUT2D eigenvalue weighted by Crippen LogP contribution is -2.31. The summed E-state index contributed by atoms with van der Waals surface area (Å²) in [6.45, 7) is 8.48. The Morgan fingerprint density at radius 2 is 1.94 bits per heavy atom. The molecule has 1 aromatic rings. The largest absolute Gasteiger partial charge is 0.329 e. The van der Waals surface area contributed by atoms with E-state index in [2.05, 4.69) is 38.2 Å². The van der Waals surface area contributed by atoms with Gasteiger partial charge in [0, 0.05) is 16.3 Å². The van der Waals surface area contributed by atoms with E-state index >= 15 is 0 Å². The number of hydrogen-bond donors (Lipinski definition) is 2. The van der Waals surface area contributed by atoms with Crippen LogP contribution in [0.3, 0.4) is 0 Å². The van der Waals surface area contributed by atoms with Gasteiger partial charge in [-0.05, 0) is 31.0 Å². The second kappa shape index (κ2) is 7.85. The molecule has 0 amide bonds. The molecule has 3 heteroatoms. The van der Waals surface area contributed by atoms with E-state index < -0.39 is 0 Å². The number of nitrogens with two attached hydrogens (primary N) is 1. The van der Waals surface area contributed by atoms with E-state index in [0.29, 0.717) is 12.6 Å². The number of hydrogen-bond acceptors (Lipinski definition) is 3. The molecule has 0 aliphatic heterocycles. The second-order valence-corrected chi connectivity index (χ2v) is 5.74. The Labute approximate surface area is 110 Å². The van der Waals surface area contributed by atoms with Crippen molar-refractivity contribution in [3.05, 3.63) is 21.9 Å². The molecule has 1 rings (SSSR count).